The van der Waals surface area contributed by atoms with Crippen molar-refractivity contribution in [3.05, 3.63) is 6.92 Å². The minimum Gasteiger partial charge on any atom is -0.240 e. The Morgan fingerprint density at radius 3 is 1.73 bits per heavy atom. The average Bonchev–Trinajstić information content (AvgIpc) is 2.52. The standard InChI is InChI=1S/C18H37O4/c1-5-7-8-9-10-11-12-13-14-15-18(22-20-4)16-17(6-2)21-19-3/h17-18H,2,5-16H2,1,3-4H3. The fraction of sp³-hybridized carbons (Fsp3) is 0.944. The molecule has 0 aromatic rings. The maximum Gasteiger partial charge on any atom is 0.0955 e. The molecule has 0 aliphatic rings. The summed E-state index contributed by atoms with van der Waals surface area (Å²) in [6, 6.07) is 0. The Hall–Kier alpha value is -0.160. The van der Waals surface area contributed by atoms with Crippen LogP contribution in [0.3, 0.4) is 0 Å². The molecule has 0 heterocycles. The molecule has 0 aromatic carbocycles. The van der Waals surface area contributed by atoms with E-state index in [-0.39, 0.29) is 12.2 Å². The normalized spacial score (nSPS) is 14.2. The first kappa shape index (κ1) is 21.8. The van der Waals surface area contributed by atoms with Crippen molar-refractivity contribution in [3.63, 3.8) is 0 Å². The number of rotatable bonds is 17. The quantitative estimate of drug-likeness (QED) is 0.204. The second-order valence-electron chi connectivity index (χ2n) is 5.91. The highest BCUT2D eigenvalue weighted by atomic mass is 17.2. The Morgan fingerprint density at radius 2 is 1.23 bits per heavy atom. The lowest BCUT2D eigenvalue weighted by atomic mass is 10.0. The number of unbranched alkanes of at least 4 members (excludes halogenated alkanes) is 8. The maximum atomic E-state index is 5.33. The summed E-state index contributed by atoms with van der Waals surface area (Å²) in [5.41, 5.74) is 0. The van der Waals surface area contributed by atoms with Gasteiger partial charge in [-0.2, -0.15) is 0 Å². The van der Waals surface area contributed by atoms with Gasteiger partial charge >= 0.3 is 0 Å². The fourth-order valence-corrected chi connectivity index (χ4v) is 2.66. The molecule has 0 saturated carbocycles. The van der Waals surface area contributed by atoms with Crippen LogP contribution in [0.5, 0.6) is 0 Å². The summed E-state index contributed by atoms with van der Waals surface area (Å²) in [6.45, 7) is 6.13. The number of hydrogen-bond donors (Lipinski definition) is 0. The molecule has 0 N–H and O–H groups in total. The summed E-state index contributed by atoms with van der Waals surface area (Å²) in [7, 11) is 3.08. The van der Waals surface area contributed by atoms with Crippen LogP contribution in [0.15, 0.2) is 0 Å². The van der Waals surface area contributed by atoms with Crippen molar-refractivity contribution >= 4 is 0 Å². The summed E-state index contributed by atoms with van der Waals surface area (Å²) in [5, 5.41) is 0. The SMILES string of the molecule is [CH2]CC(CC(CCCCCCCCCCC)OOC)OOC. The van der Waals surface area contributed by atoms with Crippen LogP contribution in [0, 0.1) is 6.92 Å². The van der Waals surface area contributed by atoms with E-state index in [0.29, 0.717) is 6.42 Å². The molecule has 0 aliphatic heterocycles. The van der Waals surface area contributed by atoms with Gasteiger partial charge in [-0.05, 0) is 12.8 Å². The summed E-state index contributed by atoms with van der Waals surface area (Å²) >= 11 is 0. The van der Waals surface area contributed by atoms with E-state index in [1.165, 1.54) is 64.9 Å². The second-order valence-corrected chi connectivity index (χ2v) is 5.91. The van der Waals surface area contributed by atoms with Gasteiger partial charge in [-0.3, -0.25) is 0 Å². The average molecular weight is 317 g/mol. The summed E-state index contributed by atoms with van der Waals surface area (Å²) in [5.74, 6) is 0. The molecule has 2 atom stereocenters. The third-order valence-corrected chi connectivity index (χ3v) is 3.94. The van der Waals surface area contributed by atoms with Crippen LogP contribution < -0.4 is 0 Å². The first-order valence-electron chi connectivity index (χ1n) is 8.96. The maximum absolute atomic E-state index is 5.33. The molecule has 4 nitrogen and oxygen atoms in total. The highest BCUT2D eigenvalue weighted by Crippen LogP contribution is 2.17. The van der Waals surface area contributed by atoms with Crippen LogP contribution in [0.25, 0.3) is 0 Å². The number of hydrogen-bond acceptors (Lipinski definition) is 4. The van der Waals surface area contributed by atoms with Crippen molar-refractivity contribution in [3.8, 4) is 0 Å². The van der Waals surface area contributed by atoms with Gasteiger partial charge in [0, 0.05) is 6.42 Å². The zero-order chi connectivity index (χ0) is 16.5. The van der Waals surface area contributed by atoms with Gasteiger partial charge in [0.1, 0.15) is 0 Å². The molecule has 0 spiro atoms. The minimum atomic E-state index is -0.0382. The van der Waals surface area contributed by atoms with Gasteiger partial charge in [0.25, 0.3) is 0 Å². The van der Waals surface area contributed by atoms with Crippen LogP contribution in [-0.2, 0) is 19.6 Å². The van der Waals surface area contributed by atoms with Crippen molar-refractivity contribution in [2.75, 3.05) is 14.2 Å². The molecule has 1 radical (unpaired) electrons. The summed E-state index contributed by atoms with van der Waals surface area (Å²) in [6.07, 6.45) is 14.4. The minimum absolute atomic E-state index is 0.0382. The molecular formula is C18H37O4. The first-order valence-corrected chi connectivity index (χ1v) is 8.96. The van der Waals surface area contributed by atoms with Gasteiger partial charge in [0.2, 0.25) is 0 Å². The molecule has 0 amide bonds. The predicted octanol–water partition coefficient (Wildman–Crippen LogP) is 5.41. The molecule has 0 aromatic heterocycles. The zero-order valence-electron chi connectivity index (χ0n) is 15.0. The van der Waals surface area contributed by atoms with E-state index < -0.39 is 0 Å². The molecule has 0 aliphatic carbocycles. The molecule has 0 fully saturated rings. The Kier molecular flexibility index (Phi) is 17.1. The lowest BCUT2D eigenvalue weighted by Gasteiger charge is -2.20. The van der Waals surface area contributed by atoms with E-state index in [0.717, 1.165) is 12.8 Å². The van der Waals surface area contributed by atoms with Crippen molar-refractivity contribution in [1.29, 1.82) is 0 Å². The first-order chi connectivity index (χ1) is 10.8. The fourth-order valence-electron chi connectivity index (χ4n) is 2.66. The Labute approximate surface area is 137 Å². The lowest BCUT2D eigenvalue weighted by molar-refractivity contribution is -0.335. The van der Waals surface area contributed by atoms with Gasteiger partial charge in [-0.15, -0.1) is 0 Å². The van der Waals surface area contributed by atoms with E-state index in [1.54, 1.807) is 7.11 Å². The van der Waals surface area contributed by atoms with Crippen molar-refractivity contribution in [1.82, 2.24) is 0 Å². The van der Waals surface area contributed by atoms with Crippen LogP contribution in [-0.4, -0.2) is 26.4 Å². The van der Waals surface area contributed by atoms with Gasteiger partial charge in [0.15, 0.2) is 0 Å². The lowest BCUT2D eigenvalue weighted by Crippen LogP contribution is -2.22. The van der Waals surface area contributed by atoms with Crippen LogP contribution in [0.2, 0.25) is 0 Å². The molecule has 22 heavy (non-hydrogen) atoms. The Morgan fingerprint density at radius 1 is 0.727 bits per heavy atom. The molecule has 0 saturated heterocycles. The Bertz CT molecular complexity index is 211. The topological polar surface area (TPSA) is 36.9 Å². The smallest absolute Gasteiger partial charge is 0.0955 e. The van der Waals surface area contributed by atoms with Gasteiger partial charge < -0.3 is 0 Å². The summed E-state index contributed by atoms with van der Waals surface area (Å²) in [4.78, 5) is 20.1. The van der Waals surface area contributed by atoms with Crippen molar-refractivity contribution in [2.45, 2.75) is 96.2 Å². The van der Waals surface area contributed by atoms with E-state index in [1.807, 2.05) is 0 Å². The molecule has 133 valence electrons. The second kappa shape index (κ2) is 17.2. The van der Waals surface area contributed by atoms with E-state index in [2.05, 4.69) is 13.8 Å². The van der Waals surface area contributed by atoms with Crippen LogP contribution in [0.1, 0.15) is 84.0 Å². The van der Waals surface area contributed by atoms with E-state index in [9.17, 15) is 0 Å². The van der Waals surface area contributed by atoms with Gasteiger partial charge in [-0.1, -0.05) is 71.6 Å². The molecule has 4 heteroatoms. The van der Waals surface area contributed by atoms with Crippen molar-refractivity contribution in [2.24, 2.45) is 0 Å². The Balaban J connectivity index is 3.64. The monoisotopic (exact) mass is 317 g/mol. The summed E-state index contributed by atoms with van der Waals surface area (Å²) < 4.78 is 0. The van der Waals surface area contributed by atoms with Crippen LogP contribution >= 0.6 is 0 Å². The largest absolute Gasteiger partial charge is 0.240 e. The van der Waals surface area contributed by atoms with Gasteiger partial charge in [-0.25, -0.2) is 19.6 Å². The predicted molar refractivity (Wildman–Crippen MR) is 90.2 cm³/mol. The van der Waals surface area contributed by atoms with Crippen LogP contribution in [0.4, 0.5) is 0 Å². The van der Waals surface area contributed by atoms with Gasteiger partial charge in [0.05, 0.1) is 26.4 Å². The molecule has 0 rings (SSSR count). The zero-order valence-corrected chi connectivity index (χ0v) is 15.0. The highest BCUT2D eigenvalue weighted by molar-refractivity contribution is 4.66. The van der Waals surface area contributed by atoms with E-state index in [4.69, 9.17) is 19.6 Å². The highest BCUT2D eigenvalue weighted by Gasteiger charge is 2.17. The van der Waals surface area contributed by atoms with E-state index >= 15 is 0 Å². The van der Waals surface area contributed by atoms with Crippen molar-refractivity contribution < 1.29 is 19.6 Å². The molecular weight excluding hydrogens is 280 g/mol. The molecule has 2 unspecified atom stereocenters. The third-order valence-electron chi connectivity index (χ3n) is 3.94. The molecule has 0 bridgehead atoms. The third kappa shape index (κ3) is 13.5.